The summed E-state index contributed by atoms with van der Waals surface area (Å²) in [6, 6.07) is 0. The topological polar surface area (TPSA) is 32.3 Å². The Labute approximate surface area is 111 Å². The van der Waals surface area contributed by atoms with Gasteiger partial charge in [-0.2, -0.15) is 0 Å². The summed E-state index contributed by atoms with van der Waals surface area (Å²) in [4.78, 5) is 0. The maximum absolute atomic E-state index is 11.2. The molecule has 1 heterocycles. The van der Waals surface area contributed by atoms with Crippen molar-refractivity contribution in [1.29, 1.82) is 0 Å². The van der Waals surface area contributed by atoms with E-state index in [-0.39, 0.29) is 5.60 Å². The van der Waals surface area contributed by atoms with Crippen LogP contribution in [-0.4, -0.2) is 23.8 Å². The van der Waals surface area contributed by atoms with Crippen LogP contribution in [0.3, 0.4) is 0 Å². The Morgan fingerprint density at radius 2 is 1.50 bits per heavy atom. The zero-order valence-corrected chi connectivity index (χ0v) is 11.4. The molecule has 0 aromatic carbocycles. The van der Waals surface area contributed by atoms with Crippen molar-refractivity contribution in [2.75, 3.05) is 13.1 Å². The SMILES string of the molecule is OC1(C2C3CC4CC(C3)CC2C4)CCCNCC1. The van der Waals surface area contributed by atoms with Crippen molar-refractivity contribution < 1.29 is 5.11 Å². The molecule has 4 saturated carbocycles. The van der Waals surface area contributed by atoms with Crippen molar-refractivity contribution in [2.24, 2.45) is 29.6 Å². The van der Waals surface area contributed by atoms with Crippen molar-refractivity contribution in [3.63, 3.8) is 0 Å². The largest absolute Gasteiger partial charge is 0.390 e. The highest BCUT2D eigenvalue weighted by Gasteiger charge is 2.54. The summed E-state index contributed by atoms with van der Waals surface area (Å²) in [6.07, 6.45) is 10.5. The van der Waals surface area contributed by atoms with E-state index in [0.29, 0.717) is 5.92 Å². The highest BCUT2D eigenvalue weighted by Crippen LogP contribution is 2.60. The first-order valence-corrected chi connectivity index (χ1v) is 8.18. The monoisotopic (exact) mass is 249 g/mol. The molecule has 4 bridgehead atoms. The lowest BCUT2D eigenvalue weighted by atomic mass is 9.48. The Balaban J connectivity index is 1.59. The Kier molecular flexibility index (Phi) is 2.74. The molecule has 0 radical (unpaired) electrons. The minimum Gasteiger partial charge on any atom is -0.390 e. The van der Waals surface area contributed by atoms with Gasteiger partial charge in [-0.05, 0) is 94.0 Å². The number of nitrogens with one attached hydrogen (secondary N) is 1. The molecule has 0 aromatic heterocycles. The molecule has 102 valence electrons. The first-order chi connectivity index (χ1) is 8.74. The predicted molar refractivity (Wildman–Crippen MR) is 72.2 cm³/mol. The molecular formula is C16H27NO. The number of rotatable bonds is 1. The predicted octanol–water partition coefficient (Wildman–Crippen LogP) is 2.56. The van der Waals surface area contributed by atoms with E-state index >= 15 is 0 Å². The van der Waals surface area contributed by atoms with Crippen LogP contribution in [0.5, 0.6) is 0 Å². The first-order valence-electron chi connectivity index (χ1n) is 8.18. The van der Waals surface area contributed by atoms with E-state index in [9.17, 15) is 5.11 Å². The molecule has 1 aliphatic heterocycles. The summed E-state index contributed by atoms with van der Waals surface area (Å²) in [7, 11) is 0. The molecule has 2 heteroatoms. The van der Waals surface area contributed by atoms with Crippen molar-refractivity contribution >= 4 is 0 Å². The first kappa shape index (κ1) is 11.7. The lowest BCUT2D eigenvalue weighted by Crippen LogP contribution is -2.55. The van der Waals surface area contributed by atoms with Gasteiger partial charge in [-0.15, -0.1) is 0 Å². The average molecular weight is 249 g/mol. The number of hydrogen-bond donors (Lipinski definition) is 2. The summed E-state index contributed by atoms with van der Waals surface area (Å²) in [5.74, 6) is 4.42. The van der Waals surface area contributed by atoms with Gasteiger partial charge in [-0.1, -0.05) is 0 Å². The van der Waals surface area contributed by atoms with Gasteiger partial charge in [0.05, 0.1) is 5.60 Å². The second kappa shape index (κ2) is 4.21. The van der Waals surface area contributed by atoms with Crippen molar-refractivity contribution in [3.05, 3.63) is 0 Å². The molecule has 18 heavy (non-hydrogen) atoms. The van der Waals surface area contributed by atoms with Crippen LogP contribution in [0.25, 0.3) is 0 Å². The summed E-state index contributed by atoms with van der Waals surface area (Å²) < 4.78 is 0. The molecule has 5 aliphatic rings. The molecule has 4 aliphatic carbocycles. The second-order valence-electron chi connectivity index (χ2n) is 7.66. The maximum Gasteiger partial charge on any atom is 0.0693 e. The van der Waals surface area contributed by atoms with Gasteiger partial charge >= 0.3 is 0 Å². The zero-order chi connectivity index (χ0) is 12.2. The average Bonchev–Trinajstić information content (AvgIpc) is 2.53. The molecule has 0 amide bonds. The molecule has 2 nitrogen and oxygen atoms in total. The Bertz CT molecular complexity index is 291. The highest BCUT2D eigenvalue weighted by molar-refractivity contribution is 5.05. The van der Waals surface area contributed by atoms with Gasteiger partial charge < -0.3 is 10.4 Å². The van der Waals surface area contributed by atoms with Gasteiger partial charge in [0.15, 0.2) is 0 Å². The molecule has 5 fully saturated rings. The molecule has 1 atom stereocenters. The molecule has 1 saturated heterocycles. The van der Waals surface area contributed by atoms with E-state index < -0.39 is 0 Å². The van der Waals surface area contributed by atoms with Crippen molar-refractivity contribution in [3.8, 4) is 0 Å². The Morgan fingerprint density at radius 1 is 0.833 bits per heavy atom. The number of aliphatic hydroxyl groups is 1. The normalized spacial score (nSPS) is 55.5. The van der Waals surface area contributed by atoms with Gasteiger partial charge in [-0.25, -0.2) is 0 Å². The molecule has 1 unspecified atom stereocenters. The van der Waals surface area contributed by atoms with Crippen LogP contribution in [0.1, 0.15) is 51.4 Å². The van der Waals surface area contributed by atoms with E-state index in [1.807, 2.05) is 0 Å². The quantitative estimate of drug-likeness (QED) is 0.748. The van der Waals surface area contributed by atoms with Crippen molar-refractivity contribution in [1.82, 2.24) is 5.32 Å². The molecule has 0 aromatic rings. The third-order valence-electron chi connectivity index (χ3n) is 6.55. The zero-order valence-electron chi connectivity index (χ0n) is 11.4. The van der Waals surface area contributed by atoms with Crippen LogP contribution in [-0.2, 0) is 0 Å². The van der Waals surface area contributed by atoms with Crippen LogP contribution in [0.2, 0.25) is 0 Å². The van der Waals surface area contributed by atoms with E-state index in [1.165, 1.54) is 38.5 Å². The standard InChI is InChI=1S/C16H27NO/c18-16(2-1-4-17-5-3-16)15-13-7-11-6-12(9-13)10-14(15)8-11/h11-15,17-18H,1-10H2. The van der Waals surface area contributed by atoms with Crippen LogP contribution >= 0.6 is 0 Å². The molecule has 5 rings (SSSR count). The lowest BCUT2D eigenvalue weighted by Gasteiger charge is -2.58. The summed E-state index contributed by atoms with van der Waals surface area (Å²) in [5.41, 5.74) is -0.327. The van der Waals surface area contributed by atoms with E-state index in [1.54, 1.807) is 0 Å². The smallest absolute Gasteiger partial charge is 0.0693 e. The maximum atomic E-state index is 11.2. The summed E-state index contributed by atoms with van der Waals surface area (Å²) >= 11 is 0. The molecule has 0 spiro atoms. The third-order valence-corrected chi connectivity index (χ3v) is 6.55. The van der Waals surface area contributed by atoms with Crippen molar-refractivity contribution in [2.45, 2.75) is 57.0 Å². The van der Waals surface area contributed by atoms with Crippen LogP contribution < -0.4 is 5.32 Å². The van der Waals surface area contributed by atoms with Gasteiger partial charge in [0.1, 0.15) is 0 Å². The van der Waals surface area contributed by atoms with Gasteiger partial charge in [-0.3, -0.25) is 0 Å². The molecule has 2 N–H and O–H groups in total. The lowest BCUT2D eigenvalue weighted by molar-refractivity contribution is -0.147. The minimum atomic E-state index is -0.327. The third kappa shape index (κ3) is 1.76. The van der Waals surface area contributed by atoms with Gasteiger partial charge in [0.25, 0.3) is 0 Å². The van der Waals surface area contributed by atoms with Crippen LogP contribution in [0, 0.1) is 29.6 Å². The summed E-state index contributed by atoms with van der Waals surface area (Å²) in [5, 5.41) is 14.7. The van der Waals surface area contributed by atoms with E-state index in [0.717, 1.165) is 49.6 Å². The highest BCUT2D eigenvalue weighted by atomic mass is 16.3. The van der Waals surface area contributed by atoms with Gasteiger partial charge in [0.2, 0.25) is 0 Å². The second-order valence-corrected chi connectivity index (χ2v) is 7.66. The fraction of sp³-hybridized carbons (Fsp3) is 1.00. The summed E-state index contributed by atoms with van der Waals surface area (Å²) in [6.45, 7) is 2.13. The van der Waals surface area contributed by atoms with Crippen LogP contribution in [0.4, 0.5) is 0 Å². The Hall–Kier alpha value is -0.0800. The Morgan fingerprint density at radius 3 is 2.17 bits per heavy atom. The van der Waals surface area contributed by atoms with E-state index in [2.05, 4.69) is 5.32 Å². The fourth-order valence-electron chi connectivity index (χ4n) is 6.21. The van der Waals surface area contributed by atoms with E-state index in [4.69, 9.17) is 0 Å². The number of hydrogen-bond acceptors (Lipinski definition) is 2. The minimum absolute atomic E-state index is 0.327. The van der Waals surface area contributed by atoms with Gasteiger partial charge in [0, 0.05) is 0 Å². The van der Waals surface area contributed by atoms with Crippen LogP contribution in [0.15, 0.2) is 0 Å². The molecular weight excluding hydrogens is 222 g/mol. The fourth-order valence-corrected chi connectivity index (χ4v) is 6.21.